The van der Waals surface area contributed by atoms with Gasteiger partial charge in [0.2, 0.25) is 5.91 Å². The molecule has 1 aromatic carbocycles. The molecular formula is C21H27N3O2. The fraction of sp³-hybridized carbons (Fsp3) is 0.571. The Labute approximate surface area is 154 Å². The van der Waals surface area contributed by atoms with Gasteiger partial charge in [-0.1, -0.05) is 43.6 Å². The monoisotopic (exact) mass is 353 g/mol. The summed E-state index contributed by atoms with van der Waals surface area (Å²) in [6.45, 7) is 5.78. The molecule has 4 rings (SSSR count). The van der Waals surface area contributed by atoms with E-state index < -0.39 is 0 Å². The van der Waals surface area contributed by atoms with Gasteiger partial charge >= 0.3 is 0 Å². The molecule has 2 fully saturated rings. The van der Waals surface area contributed by atoms with Crippen LogP contribution in [0.5, 0.6) is 0 Å². The normalized spacial score (nSPS) is 25.0. The van der Waals surface area contributed by atoms with Gasteiger partial charge in [0.1, 0.15) is 0 Å². The number of carbonyl (C=O) groups excluding carboxylic acids is 1. The van der Waals surface area contributed by atoms with Crippen molar-refractivity contribution in [1.82, 2.24) is 15.0 Å². The van der Waals surface area contributed by atoms with Gasteiger partial charge in [0.15, 0.2) is 5.82 Å². The molecule has 1 saturated carbocycles. The highest BCUT2D eigenvalue weighted by molar-refractivity contribution is 5.79. The Morgan fingerprint density at radius 3 is 2.81 bits per heavy atom. The number of aromatic nitrogens is 2. The van der Waals surface area contributed by atoms with E-state index in [1.165, 1.54) is 6.42 Å². The molecule has 0 bridgehead atoms. The molecule has 0 spiro atoms. The molecule has 2 atom stereocenters. The molecule has 1 aliphatic heterocycles. The number of hydrogen-bond acceptors (Lipinski definition) is 4. The number of benzene rings is 1. The first kappa shape index (κ1) is 17.3. The van der Waals surface area contributed by atoms with E-state index in [-0.39, 0.29) is 11.3 Å². The zero-order valence-electron chi connectivity index (χ0n) is 15.6. The summed E-state index contributed by atoms with van der Waals surface area (Å²) in [4.78, 5) is 19.7. The summed E-state index contributed by atoms with van der Waals surface area (Å²) in [5.74, 6) is 2.25. The van der Waals surface area contributed by atoms with Crippen LogP contribution in [0, 0.1) is 11.8 Å². The van der Waals surface area contributed by atoms with Gasteiger partial charge in [-0.15, -0.1) is 0 Å². The van der Waals surface area contributed by atoms with Crippen LogP contribution in [-0.4, -0.2) is 34.0 Å². The SMILES string of the molecule is CCC(CC)C(=O)N1CC2CCCC2(c2noc(-c3ccccc3)n2)C1. The maximum Gasteiger partial charge on any atom is 0.257 e. The second kappa shape index (κ2) is 6.86. The number of amides is 1. The molecule has 5 heteroatoms. The van der Waals surface area contributed by atoms with E-state index in [9.17, 15) is 4.79 Å². The van der Waals surface area contributed by atoms with Gasteiger partial charge in [0.05, 0.1) is 5.41 Å². The lowest BCUT2D eigenvalue weighted by atomic mass is 9.80. The van der Waals surface area contributed by atoms with Crippen LogP contribution in [0.4, 0.5) is 0 Å². The third kappa shape index (κ3) is 2.74. The molecule has 1 aromatic heterocycles. The van der Waals surface area contributed by atoms with Crippen LogP contribution in [0.15, 0.2) is 34.9 Å². The number of likely N-dealkylation sites (tertiary alicyclic amines) is 1. The van der Waals surface area contributed by atoms with Crippen molar-refractivity contribution < 1.29 is 9.32 Å². The predicted molar refractivity (Wildman–Crippen MR) is 99.4 cm³/mol. The summed E-state index contributed by atoms with van der Waals surface area (Å²) >= 11 is 0. The lowest BCUT2D eigenvalue weighted by molar-refractivity contribution is -0.135. The summed E-state index contributed by atoms with van der Waals surface area (Å²) in [5.41, 5.74) is 0.818. The van der Waals surface area contributed by atoms with E-state index in [1.54, 1.807) is 0 Å². The molecule has 1 saturated heterocycles. The fourth-order valence-corrected chi connectivity index (χ4v) is 4.84. The van der Waals surface area contributed by atoms with E-state index in [0.717, 1.165) is 50.2 Å². The molecule has 2 aromatic rings. The quantitative estimate of drug-likeness (QED) is 0.813. The lowest BCUT2D eigenvalue weighted by Gasteiger charge is -2.26. The lowest BCUT2D eigenvalue weighted by Crippen LogP contribution is -2.38. The Kier molecular flexibility index (Phi) is 4.55. The number of fused-ring (bicyclic) bond motifs is 1. The Hall–Kier alpha value is -2.17. The Morgan fingerprint density at radius 1 is 1.31 bits per heavy atom. The van der Waals surface area contributed by atoms with Gasteiger partial charge in [-0.3, -0.25) is 4.79 Å². The molecule has 1 aliphatic carbocycles. The van der Waals surface area contributed by atoms with Gasteiger partial charge in [0.25, 0.3) is 5.89 Å². The second-order valence-corrected chi connectivity index (χ2v) is 7.77. The first-order chi connectivity index (χ1) is 12.7. The highest BCUT2D eigenvalue weighted by atomic mass is 16.5. The van der Waals surface area contributed by atoms with Crippen LogP contribution < -0.4 is 0 Å². The van der Waals surface area contributed by atoms with Crippen LogP contribution in [0.1, 0.15) is 51.8 Å². The van der Waals surface area contributed by atoms with Crippen molar-refractivity contribution in [3.05, 3.63) is 36.2 Å². The van der Waals surface area contributed by atoms with Crippen LogP contribution in [0.2, 0.25) is 0 Å². The fourth-order valence-electron chi connectivity index (χ4n) is 4.84. The molecule has 138 valence electrons. The zero-order valence-corrected chi connectivity index (χ0v) is 15.6. The maximum atomic E-state index is 12.9. The second-order valence-electron chi connectivity index (χ2n) is 7.77. The van der Waals surface area contributed by atoms with Crippen molar-refractivity contribution in [2.24, 2.45) is 11.8 Å². The molecule has 2 heterocycles. The highest BCUT2D eigenvalue weighted by Gasteiger charge is 2.54. The van der Waals surface area contributed by atoms with E-state index in [1.807, 2.05) is 30.3 Å². The standard InChI is InChI=1S/C21H27N3O2/c1-3-15(4-2)19(25)24-13-17-11-8-12-21(17,14-24)20-22-18(26-23-20)16-9-6-5-7-10-16/h5-7,9-10,15,17H,3-4,8,11-14H2,1-2H3. The average molecular weight is 353 g/mol. The van der Waals surface area contributed by atoms with Crippen LogP contribution >= 0.6 is 0 Å². The van der Waals surface area contributed by atoms with Gasteiger partial charge < -0.3 is 9.42 Å². The van der Waals surface area contributed by atoms with Crippen molar-refractivity contribution in [3.8, 4) is 11.5 Å². The maximum absolute atomic E-state index is 12.9. The molecule has 2 unspecified atom stereocenters. The van der Waals surface area contributed by atoms with Gasteiger partial charge in [-0.25, -0.2) is 0 Å². The molecule has 2 aliphatic rings. The largest absolute Gasteiger partial charge is 0.341 e. The molecular weight excluding hydrogens is 326 g/mol. The van der Waals surface area contributed by atoms with Crippen molar-refractivity contribution in [1.29, 1.82) is 0 Å². The Morgan fingerprint density at radius 2 is 2.08 bits per heavy atom. The minimum absolute atomic E-state index is 0.127. The van der Waals surface area contributed by atoms with Crippen LogP contribution in [0.3, 0.4) is 0 Å². The third-order valence-corrected chi connectivity index (χ3v) is 6.41. The number of nitrogens with zero attached hydrogens (tertiary/aromatic N) is 3. The van der Waals surface area contributed by atoms with Crippen LogP contribution in [0.25, 0.3) is 11.5 Å². The number of rotatable bonds is 5. The molecule has 5 nitrogen and oxygen atoms in total. The third-order valence-electron chi connectivity index (χ3n) is 6.41. The molecule has 0 radical (unpaired) electrons. The minimum atomic E-state index is -0.127. The Balaban J connectivity index is 1.61. The topological polar surface area (TPSA) is 59.2 Å². The van der Waals surface area contributed by atoms with Crippen LogP contribution in [-0.2, 0) is 10.2 Å². The molecule has 1 amide bonds. The highest BCUT2D eigenvalue weighted by Crippen LogP contribution is 2.50. The average Bonchev–Trinajstić information content (AvgIpc) is 3.37. The summed E-state index contributed by atoms with van der Waals surface area (Å²) in [7, 11) is 0. The molecule has 0 N–H and O–H groups in total. The van der Waals surface area contributed by atoms with Crippen molar-refractivity contribution >= 4 is 5.91 Å². The molecule has 26 heavy (non-hydrogen) atoms. The Bertz CT molecular complexity index is 769. The van der Waals surface area contributed by atoms with E-state index in [0.29, 0.717) is 17.7 Å². The van der Waals surface area contributed by atoms with E-state index >= 15 is 0 Å². The summed E-state index contributed by atoms with van der Waals surface area (Å²) < 4.78 is 5.59. The summed E-state index contributed by atoms with van der Waals surface area (Å²) in [5, 5.41) is 4.36. The zero-order chi connectivity index (χ0) is 18.1. The van der Waals surface area contributed by atoms with Crippen molar-refractivity contribution in [2.45, 2.75) is 51.4 Å². The minimum Gasteiger partial charge on any atom is -0.341 e. The number of hydrogen-bond donors (Lipinski definition) is 0. The first-order valence-electron chi connectivity index (χ1n) is 9.86. The summed E-state index contributed by atoms with van der Waals surface area (Å²) in [6.07, 6.45) is 5.17. The number of carbonyl (C=O) groups is 1. The summed E-state index contributed by atoms with van der Waals surface area (Å²) in [6, 6.07) is 9.89. The first-order valence-corrected chi connectivity index (χ1v) is 9.86. The van der Waals surface area contributed by atoms with Crippen molar-refractivity contribution in [2.75, 3.05) is 13.1 Å². The van der Waals surface area contributed by atoms with Gasteiger partial charge in [-0.2, -0.15) is 4.98 Å². The van der Waals surface area contributed by atoms with Crippen molar-refractivity contribution in [3.63, 3.8) is 0 Å². The smallest absolute Gasteiger partial charge is 0.257 e. The van der Waals surface area contributed by atoms with E-state index in [4.69, 9.17) is 9.51 Å². The predicted octanol–water partition coefficient (Wildman–Crippen LogP) is 4.05. The van der Waals surface area contributed by atoms with Gasteiger partial charge in [-0.05, 0) is 43.7 Å². The van der Waals surface area contributed by atoms with E-state index in [2.05, 4.69) is 23.9 Å². The van der Waals surface area contributed by atoms with Gasteiger partial charge in [0, 0.05) is 24.6 Å².